The summed E-state index contributed by atoms with van der Waals surface area (Å²) in [6.07, 6.45) is 2.75. The van der Waals surface area contributed by atoms with E-state index >= 15 is 0 Å². The number of carbonyl (C=O) groups excluding carboxylic acids is 1. The quantitative estimate of drug-likeness (QED) is 0.837. The minimum absolute atomic E-state index is 0. The van der Waals surface area contributed by atoms with Gasteiger partial charge in [-0.3, -0.25) is 4.79 Å². The van der Waals surface area contributed by atoms with Crippen LogP contribution in [0, 0.1) is 5.82 Å². The number of ether oxygens (including phenoxy) is 1. The van der Waals surface area contributed by atoms with Crippen molar-refractivity contribution in [1.82, 2.24) is 10.2 Å². The van der Waals surface area contributed by atoms with Gasteiger partial charge in [0, 0.05) is 25.2 Å². The number of hydrogen-bond acceptors (Lipinski definition) is 3. The first-order chi connectivity index (χ1) is 10.5. The summed E-state index contributed by atoms with van der Waals surface area (Å²) in [5.41, 5.74) is 0. The Morgan fingerprint density at radius 3 is 2.87 bits per heavy atom. The van der Waals surface area contributed by atoms with Gasteiger partial charge >= 0.3 is 0 Å². The molecule has 0 saturated carbocycles. The van der Waals surface area contributed by atoms with E-state index in [4.69, 9.17) is 4.74 Å². The van der Waals surface area contributed by atoms with E-state index in [0.717, 1.165) is 25.9 Å². The zero-order valence-electron chi connectivity index (χ0n) is 12.9. The van der Waals surface area contributed by atoms with Crippen molar-refractivity contribution in [2.24, 2.45) is 0 Å². The number of nitrogens with zero attached hydrogens (tertiary/aromatic N) is 1. The summed E-state index contributed by atoms with van der Waals surface area (Å²) >= 11 is 3.26. The van der Waals surface area contributed by atoms with Crippen molar-refractivity contribution in [3.63, 3.8) is 0 Å². The third kappa shape index (κ3) is 4.37. The maximum absolute atomic E-state index is 13.1. The highest BCUT2D eigenvalue weighted by molar-refractivity contribution is 9.10. The maximum atomic E-state index is 13.1. The molecule has 3 unspecified atom stereocenters. The minimum atomic E-state index is -0.585. The van der Waals surface area contributed by atoms with Crippen LogP contribution in [0.25, 0.3) is 0 Å². The van der Waals surface area contributed by atoms with Crippen LogP contribution in [-0.2, 0) is 4.79 Å². The van der Waals surface area contributed by atoms with Crippen molar-refractivity contribution < 1.29 is 13.9 Å². The fourth-order valence-electron chi connectivity index (χ4n) is 3.21. The molecule has 23 heavy (non-hydrogen) atoms. The monoisotopic (exact) mass is 406 g/mol. The van der Waals surface area contributed by atoms with Crippen LogP contribution < -0.4 is 10.1 Å². The topological polar surface area (TPSA) is 41.6 Å². The molecule has 0 aliphatic carbocycles. The van der Waals surface area contributed by atoms with Crippen LogP contribution in [0.2, 0.25) is 0 Å². The third-order valence-corrected chi connectivity index (χ3v) is 5.00. The lowest BCUT2D eigenvalue weighted by Crippen LogP contribution is -2.44. The average molecular weight is 408 g/mol. The smallest absolute Gasteiger partial charge is 0.263 e. The number of likely N-dealkylation sites (tertiary alicyclic amines) is 1. The SMILES string of the molecule is CC(Oc1ccc(F)cc1Br)C(=O)N1CCC2CCC(C1)N2.Cl. The van der Waals surface area contributed by atoms with Crippen molar-refractivity contribution in [2.75, 3.05) is 13.1 Å². The molecule has 2 aliphatic heterocycles. The number of benzene rings is 1. The Labute approximate surface area is 150 Å². The first-order valence-electron chi connectivity index (χ1n) is 7.69. The average Bonchev–Trinajstić information content (AvgIpc) is 2.80. The zero-order valence-corrected chi connectivity index (χ0v) is 15.3. The standard InChI is InChI=1S/C16H20BrFN2O2.ClH/c1-10(22-15-5-2-11(18)8-14(15)17)16(21)20-7-6-12-3-4-13(9-20)19-12;/h2,5,8,10,12-13,19H,3-4,6-7,9H2,1H3;1H. The summed E-state index contributed by atoms with van der Waals surface area (Å²) < 4.78 is 19.3. The lowest BCUT2D eigenvalue weighted by atomic mass is 10.1. The Morgan fingerprint density at radius 1 is 1.39 bits per heavy atom. The van der Waals surface area contributed by atoms with Gasteiger partial charge < -0.3 is 15.0 Å². The summed E-state index contributed by atoms with van der Waals surface area (Å²) in [7, 11) is 0. The van der Waals surface area contributed by atoms with E-state index < -0.39 is 6.10 Å². The lowest BCUT2D eigenvalue weighted by Gasteiger charge is -2.27. The van der Waals surface area contributed by atoms with E-state index in [2.05, 4.69) is 21.2 Å². The third-order valence-electron chi connectivity index (χ3n) is 4.38. The molecule has 3 atom stereocenters. The number of hydrogen-bond donors (Lipinski definition) is 1. The molecule has 1 aromatic rings. The highest BCUT2D eigenvalue weighted by Crippen LogP contribution is 2.27. The van der Waals surface area contributed by atoms with Gasteiger partial charge in [-0.15, -0.1) is 12.4 Å². The van der Waals surface area contributed by atoms with Gasteiger partial charge in [0.15, 0.2) is 6.10 Å². The fraction of sp³-hybridized carbons (Fsp3) is 0.562. The second kappa shape index (κ2) is 7.81. The first-order valence-corrected chi connectivity index (χ1v) is 8.49. The van der Waals surface area contributed by atoms with Gasteiger partial charge in [-0.05, 0) is 60.3 Å². The largest absolute Gasteiger partial charge is 0.480 e. The van der Waals surface area contributed by atoms with E-state index in [1.165, 1.54) is 24.6 Å². The molecule has 2 heterocycles. The molecular formula is C16H21BrClFN2O2. The molecule has 1 aromatic carbocycles. The Kier molecular flexibility index (Phi) is 6.28. The van der Waals surface area contributed by atoms with Crippen molar-refractivity contribution in [3.8, 4) is 5.75 Å². The van der Waals surface area contributed by atoms with Gasteiger partial charge in [-0.1, -0.05) is 0 Å². The molecule has 2 saturated heterocycles. The lowest BCUT2D eigenvalue weighted by molar-refractivity contribution is -0.138. The molecule has 0 radical (unpaired) electrons. The molecule has 128 valence electrons. The predicted molar refractivity (Wildman–Crippen MR) is 92.6 cm³/mol. The van der Waals surface area contributed by atoms with Crippen LogP contribution in [0.5, 0.6) is 5.75 Å². The van der Waals surface area contributed by atoms with E-state index in [0.29, 0.717) is 22.3 Å². The number of amides is 1. The van der Waals surface area contributed by atoms with E-state index in [9.17, 15) is 9.18 Å². The molecule has 2 aliphatic rings. The Balaban J connectivity index is 0.00000192. The van der Waals surface area contributed by atoms with Crippen molar-refractivity contribution in [2.45, 2.75) is 44.4 Å². The number of halogens is 3. The molecule has 1 amide bonds. The molecule has 4 nitrogen and oxygen atoms in total. The number of carbonyl (C=O) groups is 1. The van der Waals surface area contributed by atoms with Gasteiger partial charge in [0.05, 0.1) is 4.47 Å². The molecule has 2 bridgehead atoms. The summed E-state index contributed by atoms with van der Waals surface area (Å²) in [5, 5.41) is 3.56. The normalized spacial score (nSPS) is 24.6. The molecule has 3 rings (SSSR count). The molecule has 2 fully saturated rings. The van der Waals surface area contributed by atoms with Gasteiger partial charge in [0.2, 0.25) is 0 Å². The Hall–Kier alpha value is -0.850. The predicted octanol–water partition coefficient (Wildman–Crippen LogP) is 3.13. The van der Waals surface area contributed by atoms with Crippen molar-refractivity contribution in [1.29, 1.82) is 0 Å². The summed E-state index contributed by atoms with van der Waals surface area (Å²) in [6.45, 7) is 3.26. The van der Waals surface area contributed by atoms with E-state index in [-0.39, 0.29) is 24.1 Å². The molecule has 1 N–H and O–H groups in total. The highest BCUT2D eigenvalue weighted by Gasteiger charge is 2.33. The molecule has 0 spiro atoms. The number of fused-ring (bicyclic) bond motifs is 2. The zero-order chi connectivity index (χ0) is 15.7. The van der Waals surface area contributed by atoms with E-state index in [1.807, 2.05) is 4.90 Å². The molecule has 0 aromatic heterocycles. The number of rotatable bonds is 3. The summed E-state index contributed by atoms with van der Waals surface area (Å²) in [6, 6.07) is 5.15. The van der Waals surface area contributed by atoms with Crippen LogP contribution in [0.3, 0.4) is 0 Å². The van der Waals surface area contributed by atoms with Gasteiger partial charge in [-0.2, -0.15) is 0 Å². The summed E-state index contributed by atoms with van der Waals surface area (Å²) in [5.74, 6) is 0.134. The van der Waals surface area contributed by atoms with Gasteiger partial charge in [0.25, 0.3) is 5.91 Å². The maximum Gasteiger partial charge on any atom is 0.263 e. The van der Waals surface area contributed by atoms with Crippen molar-refractivity contribution >= 4 is 34.2 Å². The second-order valence-corrected chi connectivity index (χ2v) is 6.90. The number of nitrogens with one attached hydrogen (secondary N) is 1. The fourth-order valence-corrected chi connectivity index (χ4v) is 3.66. The minimum Gasteiger partial charge on any atom is -0.480 e. The van der Waals surface area contributed by atoms with Crippen molar-refractivity contribution in [3.05, 3.63) is 28.5 Å². The van der Waals surface area contributed by atoms with Gasteiger partial charge in [-0.25, -0.2) is 4.39 Å². The van der Waals surface area contributed by atoms with E-state index in [1.54, 1.807) is 6.92 Å². The van der Waals surface area contributed by atoms with Gasteiger partial charge in [0.1, 0.15) is 11.6 Å². The van der Waals surface area contributed by atoms with Crippen LogP contribution >= 0.6 is 28.3 Å². The van der Waals surface area contributed by atoms with Crippen LogP contribution in [0.15, 0.2) is 22.7 Å². The van der Waals surface area contributed by atoms with Crippen LogP contribution in [0.4, 0.5) is 4.39 Å². The Morgan fingerprint density at radius 2 is 2.13 bits per heavy atom. The first kappa shape index (κ1) is 18.5. The van der Waals surface area contributed by atoms with Crippen LogP contribution in [0.1, 0.15) is 26.2 Å². The summed E-state index contributed by atoms with van der Waals surface area (Å²) in [4.78, 5) is 14.5. The highest BCUT2D eigenvalue weighted by atomic mass is 79.9. The second-order valence-electron chi connectivity index (χ2n) is 6.05. The van der Waals surface area contributed by atoms with Crippen LogP contribution in [-0.4, -0.2) is 42.1 Å². The Bertz CT molecular complexity index is 575. The molecule has 7 heteroatoms. The molecular weight excluding hydrogens is 387 g/mol.